The number of hydrogen-bond donors (Lipinski definition) is 1. The lowest BCUT2D eigenvalue weighted by atomic mass is 10.0. The first-order valence-electron chi connectivity index (χ1n) is 9.60. The van der Waals surface area contributed by atoms with Crippen LogP contribution >= 0.6 is 27.5 Å². The van der Waals surface area contributed by atoms with Crippen molar-refractivity contribution in [3.05, 3.63) is 111 Å². The summed E-state index contributed by atoms with van der Waals surface area (Å²) in [7, 11) is 0. The predicted octanol–water partition coefficient (Wildman–Crippen LogP) is 6.24. The fraction of sp³-hybridized carbons (Fsp3) is 0. The van der Waals surface area contributed by atoms with Crippen LogP contribution in [0.5, 0.6) is 5.75 Å². The molecular formula is C25H16BrClN2O3. The lowest BCUT2D eigenvalue weighted by molar-refractivity contribution is 0.0736. The molecule has 0 aliphatic heterocycles. The van der Waals surface area contributed by atoms with Gasteiger partial charge in [-0.2, -0.15) is 5.10 Å². The fourth-order valence-electron chi connectivity index (χ4n) is 3.10. The zero-order valence-electron chi connectivity index (χ0n) is 16.6. The second-order valence-electron chi connectivity index (χ2n) is 6.80. The number of fused-ring (bicyclic) bond motifs is 1. The summed E-state index contributed by atoms with van der Waals surface area (Å²) >= 11 is 9.25. The zero-order chi connectivity index (χ0) is 22.5. The van der Waals surface area contributed by atoms with Crippen molar-refractivity contribution in [2.45, 2.75) is 0 Å². The SMILES string of the molecule is O=C(N/N=C\c1cc(Br)ccc1OC(=O)c1cccc2ccccc12)c1ccc(Cl)cc1. The standard InChI is InChI=1S/C25H16BrClN2O3/c26-19-10-13-23(32-25(31)22-7-3-5-16-4-1-2-6-21(16)22)18(14-19)15-28-29-24(30)17-8-11-20(27)12-9-17/h1-15H,(H,29,30)/b28-15-. The minimum absolute atomic E-state index is 0.315. The number of hydrazone groups is 1. The Labute approximate surface area is 197 Å². The molecule has 5 nitrogen and oxygen atoms in total. The van der Waals surface area contributed by atoms with Crippen LogP contribution in [-0.2, 0) is 0 Å². The summed E-state index contributed by atoms with van der Waals surface area (Å²) in [5.41, 5.74) is 3.86. The molecule has 4 aromatic rings. The van der Waals surface area contributed by atoms with Crippen LogP contribution in [0.4, 0.5) is 0 Å². The maximum absolute atomic E-state index is 12.9. The van der Waals surface area contributed by atoms with Crippen molar-refractivity contribution >= 4 is 56.4 Å². The van der Waals surface area contributed by atoms with E-state index in [2.05, 4.69) is 26.5 Å². The van der Waals surface area contributed by atoms with Crippen molar-refractivity contribution in [3.63, 3.8) is 0 Å². The van der Waals surface area contributed by atoms with Crippen molar-refractivity contribution in [1.82, 2.24) is 5.43 Å². The Bertz CT molecular complexity index is 1330. The molecule has 0 aliphatic rings. The van der Waals surface area contributed by atoms with E-state index in [0.29, 0.717) is 27.5 Å². The summed E-state index contributed by atoms with van der Waals surface area (Å²) in [5.74, 6) is -0.554. The van der Waals surface area contributed by atoms with E-state index >= 15 is 0 Å². The molecular weight excluding hydrogens is 492 g/mol. The van der Waals surface area contributed by atoms with Gasteiger partial charge < -0.3 is 4.74 Å². The lowest BCUT2D eigenvalue weighted by Gasteiger charge is -2.10. The minimum atomic E-state index is -0.482. The number of ether oxygens (including phenoxy) is 1. The molecule has 4 rings (SSSR count). The molecule has 0 aliphatic carbocycles. The van der Waals surface area contributed by atoms with Crippen molar-refractivity contribution in [3.8, 4) is 5.75 Å². The van der Waals surface area contributed by atoms with Crippen molar-refractivity contribution in [1.29, 1.82) is 0 Å². The fourth-order valence-corrected chi connectivity index (χ4v) is 3.60. The number of amides is 1. The highest BCUT2D eigenvalue weighted by molar-refractivity contribution is 9.10. The number of esters is 1. The third kappa shape index (κ3) is 5.04. The second-order valence-corrected chi connectivity index (χ2v) is 8.16. The van der Waals surface area contributed by atoms with E-state index < -0.39 is 5.97 Å². The molecule has 4 aromatic carbocycles. The zero-order valence-corrected chi connectivity index (χ0v) is 18.9. The predicted molar refractivity (Wildman–Crippen MR) is 130 cm³/mol. The van der Waals surface area contributed by atoms with Gasteiger partial charge in [0.25, 0.3) is 5.91 Å². The van der Waals surface area contributed by atoms with Gasteiger partial charge in [0.2, 0.25) is 0 Å². The Morgan fingerprint density at radius 3 is 2.50 bits per heavy atom. The maximum atomic E-state index is 12.9. The third-order valence-electron chi connectivity index (χ3n) is 4.66. The number of rotatable bonds is 5. The molecule has 0 spiro atoms. The van der Waals surface area contributed by atoms with Crippen LogP contribution < -0.4 is 10.2 Å². The number of hydrogen-bond acceptors (Lipinski definition) is 4. The van der Waals surface area contributed by atoms with Gasteiger partial charge in [-0.25, -0.2) is 10.2 Å². The summed E-state index contributed by atoms with van der Waals surface area (Å²) < 4.78 is 6.44. The first-order chi connectivity index (χ1) is 15.5. The molecule has 0 aromatic heterocycles. The van der Waals surface area contributed by atoms with E-state index in [-0.39, 0.29) is 5.91 Å². The largest absolute Gasteiger partial charge is 0.422 e. The first-order valence-corrected chi connectivity index (χ1v) is 10.8. The Morgan fingerprint density at radius 1 is 0.938 bits per heavy atom. The van der Waals surface area contributed by atoms with Crippen LogP contribution in [0.25, 0.3) is 10.8 Å². The summed E-state index contributed by atoms with van der Waals surface area (Å²) in [6.45, 7) is 0. The molecule has 0 atom stereocenters. The molecule has 0 fully saturated rings. The molecule has 32 heavy (non-hydrogen) atoms. The smallest absolute Gasteiger partial charge is 0.344 e. The number of nitrogens with zero attached hydrogens (tertiary/aromatic N) is 1. The van der Waals surface area contributed by atoms with Gasteiger partial charge in [0.1, 0.15) is 5.75 Å². The van der Waals surface area contributed by atoms with Crippen LogP contribution in [0.1, 0.15) is 26.3 Å². The number of benzene rings is 4. The average Bonchev–Trinajstić information content (AvgIpc) is 2.80. The molecule has 1 N–H and O–H groups in total. The van der Waals surface area contributed by atoms with Gasteiger partial charge in [0.15, 0.2) is 0 Å². The van der Waals surface area contributed by atoms with Gasteiger partial charge in [0, 0.05) is 20.6 Å². The van der Waals surface area contributed by atoms with Gasteiger partial charge in [-0.3, -0.25) is 4.79 Å². The van der Waals surface area contributed by atoms with Gasteiger partial charge in [0.05, 0.1) is 11.8 Å². The molecule has 1 amide bonds. The van der Waals surface area contributed by atoms with E-state index in [1.54, 1.807) is 48.5 Å². The normalized spacial score (nSPS) is 10.9. The number of carbonyl (C=O) groups excluding carboxylic acids is 2. The molecule has 0 unspecified atom stereocenters. The molecule has 0 saturated heterocycles. The highest BCUT2D eigenvalue weighted by Crippen LogP contribution is 2.25. The molecule has 0 radical (unpaired) electrons. The Hall–Kier alpha value is -3.48. The minimum Gasteiger partial charge on any atom is -0.422 e. The van der Waals surface area contributed by atoms with E-state index in [1.165, 1.54) is 6.21 Å². The second kappa shape index (κ2) is 9.77. The summed E-state index contributed by atoms with van der Waals surface area (Å²) in [5, 5.41) is 6.30. The van der Waals surface area contributed by atoms with E-state index in [1.807, 2.05) is 36.4 Å². The highest BCUT2D eigenvalue weighted by atomic mass is 79.9. The van der Waals surface area contributed by atoms with Crippen LogP contribution in [-0.4, -0.2) is 18.1 Å². The Kier molecular flexibility index (Phi) is 6.63. The summed E-state index contributed by atoms with van der Waals surface area (Å²) in [6.07, 6.45) is 1.42. The van der Waals surface area contributed by atoms with Gasteiger partial charge in [-0.15, -0.1) is 0 Å². The quantitative estimate of drug-likeness (QED) is 0.150. The number of halogens is 2. The average molecular weight is 508 g/mol. The van der Waals surface area contributed by atoms with E-state index in [0.717, 1.165) is 15.2 Å². The Morgan fingerprint density at radius 2 is 1.69 bits per heavy atom. The topological polar surface area (TPSA) is 67.8 Å². The molecule has 7 heteroatoms. The molecule has 158 valence electrons. The summed E-state index contributed by atoms with van der Waals surface area (Å²) in [6, 6.07) is 24.7. The molecule has 0 heterocycles. The Balaban J connectivity index is 1.54. The van der Waals surface area contributed by atoms with Crippen molar-refractivity contribution in [2.75, 3.05) is 0 Å². The summed E-state index contributed by atoms with van der Waals surface area (Å²) in [4.78, 5) is 25.1. The van der Waals surface area contributed by atoms with Crippen LogP contribution in [0.2, 0.25) is 5.02 Å². The van der Waals surface area contributed by atoms with Gasteiger partial charge >= 0.3 is 5.97 Å². The molecule has 0 saturated carbocycles. The van der Waals surface area contributed by atoms with Crippen LogP contribution in [0.3, 0.4) is 0 Å². The van der Waals surface area contributed by atoms with Crippen LogP contribution in [0.15, 0.2) is 94.5 Å². The van der Waals surface area contributed by atoms with Crippen molar-refractivity contribution in [2.24, 2.45) is 5.10 Å². The third-order valence-corrected chi connectivity index (χ3v) is 5.41. The number of nitrogens with one attached hydrogen (secondary N) is 1. The number of carbonyl (C=O) groups is 2. The first kappa shape index (κ1) is 21.7. The van der Waals surface area contributed by atoms with Crippen molar-refractivity contribution < 1.29 is 14.3 Å². The van der Waals surface area contributed by atoms with Gasteiger partial charge in [-0.05, 0) is 59.3 Å². The van der Waals surface area contributed by atoms with E-state index in [4.69, 9.17) is 16.3 Å². The van der Waals surface area contributed by atoms with E-state index in [9.17, 15) is 9.59 Å². The maximum Gasteiger partial charge on any atom is 0.344 e. The lowest BCUT2D eigenvalue weighted by Crippen LogP contribution is -2.17. The van der Waals surface area contributed by atoms with Crippen LogP contribution in [0, 0.1) is 0 Å². The monoisotopic (exact) mass is 506 g/mol. The highest BCUT2D eigenvalue weighted by Gasteiger charge is 2.14. The van der Waals surface area contributed by atoms with Gasteiger partial charge in [-0.1, -0.05) is 63.9 Å². The molecule has 0 bridgehead atoms.